The van der Waals surface area contributed by atoms with Crippen LogP contribution in [0.4, 0.5) is 24.5 Å². The number of carbonyl (C=O) groups excluding carboxylic acids is 1. The molecule has 2 aliphatic carbocycles. The molecular weight excluding hydrogens is 627 g/mol. The molecule has 242 valence electrons. The lowest BCUT2D eigenvalue weighted by atomic mass is 9.83. The van der Waals surface area contributed by atoms with Gasteiger partial charge in [-0.15, -0.1) is 13.2 Å². The fourth-order valence-corrected chi connectivity index (χ4v) is 6.09. The van der Waals surface area contributed by atoms with Gasteiger partial charge in [0.25, 0.3) is 5.91 Å². The van der Waals surface area contributed by atoms with Gasteiger partial charge in [-0.2, -0.15) is 0 Å². The molecule has 2 fully saturated rings. The number of fused-ring (bicyclic) bond motifs is 2. The van der Waals surface area contributed by atoms with Crippen molar-refractivity contribution in [2.75, 3.05) is 23.9 Å². The summed E-state index contributed by atoms with van der Waals surface area (Å²) < 4.78 is 48.9. The van der Waals surface area contributed by atoms with Crippen LogP contribution >= 0.6 is 11.6 Å². The number of methoxy groups -OCH3 is 1. The van der Waals surface area contributed by atoms with Gasteiger partial charge in [0.2, 0.25) is 0 Å². The topological polar surface area (TPSA) is 110 Å². The third-order valence-corrected chi connectivity index (χ3v) is 9.00. The lowest BCUT2D eigenvalue weighted by Crippen LogP contribution is -2.38. The molecule has 3 aromatic rings. The van der Waals surface area contributed by atoms with Crippen molar-refractivity contribution in [2.45, 2.75) is 56.5 Å². The average Bonchev–Trinajstić information content (AvgIpc) is 3.70. The molecule has 2 N–H and O–H groups in total. The lowest BCUT2D eigenvalue weighted by molar-refractivity contribution is -0.274. The Labute approximate surface area is 267 Å². The number of anilines is 2. The van der Waals surface area contributed by atoms with Crippen LogP contribution in [-0.2, 0) is 19.8 Å². The van der Waals surface area contributed by atoms with E-state index in [1.165, 1.54) is 24.1 Å². The van der Waals surface area contributed by atoms with Crippen LogP contribution in [-0.4, -0.2) is 48.8 Å². The zero-order valence-corrected chi connectivity index (χ0v) is 25.7. The van der Waals surface area contributed by atoms with Gasteiger partial charge in [-0.05, 0) is 61.2 Å². The number of benzene rings is 3. The molecule has 46 heavy (non-hydrogen) atoms. The van der Waals surface area contributed by atoms with Crippen molar-refractivity contribution in [1.29, 1.82) is 0 Å². The van der Waals surface area contributed by atoms with Gasteiger partial charge < -0.3 is 29.6 Å². The highest BCUT2D eigenvalue weighted by Gasteiger charge is 2.54. The number of rotatable bonds is 10. The van der Waals surface area contributed by atoms with E-state index < -0.39 is 30.0 Å². The van der Waals surface area contributed by atoms with E-state index in [0.29, 0.717) is 58.4 Å². The Morgan fingerprint density at radius 2 is 1.78 bits per heavy atom. The molecule has 0 bridgehead atoms. The quantitative estimate of drug-likeness (QED) is 0.177. The number of hydrogen-bond acceptors (Lipinski definition) is 7. The predicted molar refractivity (Wildman–Crippen MR) is 165 cm³/mol. The highest BCUT2D eigenvalue weighted by molar-refractivity contribution is 6.30. The van der Waals surface area contributed by atoms with E-state index in [9.17, 15) is 22.8 Å². The number of nitrogens with one attached hydrogen (secondary N) is 1. The number of carbonyl (C=O) groups is 2. The maximum atomic E-state index is 14.4. The molecule has 9 nitrogen and oxygen atoms in total. The summed E-state index contributed by atoms with van der Waals surface area (Å²) in [4.78, 5) is 32.6. The Morgan fingerprint density at radius 3 is 2.41 bits per heavy atom. The van der Waals surface area contributed by atoms with Crippen molar-refractivity contribution < 1.29 is 42.2 Å². The minimum absolute atomic E-state index is 0.286. The zero-order chi connectivity index (χ0) is 32.8. The first-order valence-corrected chi connectivity index (χ1v) is 15.1. The second kappa shape index (κ2) is 12.1. The van der Waals surface area contributed by atoms with Crippen LogP contribution in [0.5, 0.6) is 11.5 Å². The summed E-state index contributed by atoms with van der Waals surface area (Å²) in [5.74, 6) is -1.57. The molecular formula is C33H31ClF3N3O6. The molecule has 0 saturated heterocycles. The monoisotopic (exact) mass is 657 g/mol. The van der Waals surface area contributed by atoms with Crippen molar-refractivity contribution in [3.63, 3.8) is 0 Å². The van der Waals surface area contributed by atoms with Gasteiger partial charge in [-0.25, -0.2) is 0 Å². The molecule has 3 aromatic carbocycles. The van der Waals surface area contributed by atoms with E-state index in [1.54, 1.807) is 55.5 Å². The van der Waals surface area contributed by atoms with Crippen LogP contribution in [0.2, 0.25) is 5.02 Å². The van der Waals surface area contributed by atoms with E-state index in [1.807, 2.05) is 0 Å². The largest absolute Gasteiger partial charge is 0.573 e. The minimum atomic E-state index is -4.87. The van der Waals surface area contributed by atoms with Gasteiger partial charge >= 0.3 is 12.3 Å². The first-order valence-electron chi connectivity index (χ1n) is 14.7. The fraction of sp³-hybridized carbons (Fsp3) is 0.364. The lowest BCUT2D eigenvalue weighted by Gasteiger charge is -2.29. The standard InChI is InChI=1S/C33H31ClF3N3O6/c1-18(39-46-26-13-21(14-26)31(42)43)20-11-23(15-25(12-20)44-2)38-29(19-3-5-22(34)6-4-19)30(41)40-17-32(9-10-32)27-8-7-24(16-28(27)40)45-33(35,36)37/h3-8,11-12,15-16,21,26,29,38H,9-10,13-14,17H2,1-2H3,(H,42,43)/b39-18+. The Hall–Kier alpha value is -4.45. The Morgan fingerprint density at radius 1 is 1.07 bits per heavy atom. The summed E-state index contributed by atoms with van der Waals surface area (Å²) in [6, 6.07) is 15.2. The SMILES string of the molecule is COc1cc(NC(C(=O)N2CC3(CC3)c3ccc(OC(F)(F)F)cc32)c2ccc(Cl)cc2)cc(/C(C)=N/OC2CC(C(=O)O)C2)c1. The van der Waals surface area contributed by atoms with Gasteiger partial charge in [-0.3, -0.25) is 9.59 Å². The number of oxime groups is 1. The van der Waals surface area contributed by atoms with E-state index in [0.717, 1.165) is 18.4 Å². The molecule has 1 unspecified atom stereocenters. The van der Waals surface area contributed by atoms with Crippen molar-refractivity contribution in [2.24, 2.45) is 11.1 Å². The summed E-state index contributed by atoms with van der Waals surface area (Å²) in [5, 5.41) is 17.1. The molecule has 1 heterocycles. The van der Waals surface area contributed by atoms with Crippen LogP contribution in [0.3, 0.4) is 0 Å². The van der Waals surface area contributed by atoms with Crippen molar-refractivity contribution in [3.8, 4) is 11.5 Å². The van der Waals surface area contributed by atoms with Gasteiger partial charge in [0.15, 0.2) is 0 Å². The van der Waals surface area contributed by atoms with E-state index in [4.69, 9.17) is 26.3 Å². The van der Waals surface area contributed by atoms with Crippen LogP contribution in [0.1, 0.15) is 55.3 Å². The number of hydrogen-bond donors (Lipinski definition) is 2. The molecule has 1 aliphatic heterocycles. The second-order valence-corrected chi connectivity index (χ2v) is 12.4. The van der Waals surface area contributed by atoms with Crippen molar-refractivity contribution in [1.82, 2.24) is 0 Å². The number of carboxylic acids is 1. The van der Waals surface area contributed by atoms with E-state index in [2.05, 4.69) is 15.2 Å². The maximum Gasteiger partial charge on any atom is 0.573 e. The Balaban J connectivity index is 1.30. The van der Waals surface area contributed by atoms with Crippen molar-refractivity contribution in [3.05, 3.63) is 82.4 Å². The Bertz CT molecular complexity index is 1690. The molecule has 13 heteroatoms. The van der Waals surface area contributed by atoms with Crippen LogP contribution < -0.4 is 19.7 Å². The van der Waals surface area contributed by atoms with Crippen LogP contribution in [0.25, 0.3) is 0 Å². The molecule has 3 aliphatic rings. The number of alkyl halides is 3. The number of carboxylic acid groups (broad SMARTS) is 1. The maximum absolute atomic E-state index is 14.4. The minimum Gasteiger partial charge on any atom is -0.497 e. The number of amides is 1. The molecule has 1 amide bonds. The molecule has 2 saturated carbocycles. The number of ether oxygens (including phenoxy) is 2. The normalized spacial score (nSPS) is 20.4. The van der Waals surface area contributed by atoms with Gasteiger partial charge in [0.1, 0.15) is 23.6 Å². The predicted octanol–water partition coefficient (Wildman–Crippen LogP) is 7.08. The fourth-order valence-electron chi connectivity index (χ4n) is 5.96. The van der Waals surface area contributed by atoms with Gasteiger partial charge in [0.05, 0.1) is 24.4 Å². The van der Waals surface area contributed by atoms with E-state index >= 15 is 0 Å². The molecule has 0 aromatic heterocycles. The molecule has 0 radical (unpaired) electrons. The zero-order valence-electron chi connectivity index (χ0n) is 24.9. The summed E-state index contributed by atoms with van der Waals surface area (Å²) in [6.45, 7) is 2.07. The van der Waals surface area contributed by atoms with Gasteiger partial charge in [0, 0.05) is 53.2 Å². The highest BCUT2D eigenvalue weighted by Crippen LogP contribution is 2.57. The van der Waals surface area contributed by atoms with Gasteiger partial charge in [-0.1, -0.05) is 35.0 Å². The Kier molecular flexibility index (Phi) is 8.26. The molecule has 6 rings (SSSR count). The average molecular weight is 658 g/mol. The second-order valence-electron chi connectivity index (χ2n) is 11.9. The first-order chi connectivity index (χ1) is 21.8. The highest BCUT2D eigenvalue weighted by atomic mass is 35.5. The third kappa shape index (κ3) is 6.57. The summed E-state index contributed by atoms with van der Waals surface area (Å²) in [6.07, 6.45) is -2.76. The number of nitrogens with zero attached hydrogens (tertiary/aromatic N) is 2. The van der Waals surface area contributed by atoms with Crippen molar-refractivity contribution >= 4 is 40.6 Å². The first kappa shape index (κ1) is 31.5. The van der Waals surface area contributed by atoms with Crippen LogP contribution in [0, 0.1) is 5.92 Å². The smallest absolute Gasteiger partial charge is 0.497 e. The summed E-state index contributed by atoms with van der Waals surface area (Å²) in [5.41, 5.74) is 3.16. The molecule has 1 atom stereocenters. The van der Waals surface area contributed by atoms with Crippen LogP contribution in [0.15, 0.2) is 65.8 Å². The number of aliphatic carboxylic acids is 1. The number of halogens is 4. The summed E-state index contributed by atoms with van der Waals surface area (Å²) >= 11 is 6.16. The molecule has 1 spiro atoms. The van der Waals surface area contributed by atoms with E-state index in [-0.39, 0.29) is 17.4 Å². The third-order valence-electron chi connectivity index (χ3n) is 8.75. The summed E-state index contributed by atoms with van der Waals surface area (Å²) in [7, 11) is 1.50.